The van der Waals surface area contributed by atoms with E-state index in [0.29, 0.717) is 16.3 Å². The van der Waals surface area contributed by atoms with Gasteiger partial charge >= 0.3 is 0 Å². The number of nitrogens with zero attached hydrogens (tertiary/aromatic N) is 1. The van der Waals surface area contributed by atoms with Crippen molar-refractivity contribution in [1.29, 1.82) is 0 Å². The maximum atomic E-state index is 12.0. The van der Waals surface area contributed by atoms with E-state index in [4.69, 9.17) is 16.3 Å². The van der Waals surface area contributed by atoms with Gasteiger partial charge in [-0.1, -0.05) is 29.8 Å². The largest absolute Gasteiger partial charge is 0.496 e. The number of benzene rings is 2. The zero-order valence-corrected chi connectivity index (χ0v) is 14.1. The highest BCUT2D eigenvalue weighted by Gasteiger charge is 2.08. The Hall–Kier alpha value is -1.60. The minimum absolute atomic E-state index is 0.312. The Morgan fingerprint density at radius 1 is 1.33 bits per heavy atom. The Labute approximate surface area is 141 Å². The third kappa shape index (κ3) is 4.18. The number of nitrogens with one attached hydrogen (secondary N) is 1. The summed E-state index contributed by atoms with van der Waals surface area (Å²) in [6.07, 6.45) is 1.50. The summed E-state index contributed by atoms with van der Waals surface area (Å²) in [5, 5.41) is 4.48. The number of carbonyl (C=O) groups excluding carboxylic acids is 1. The predicted molar refractivity (Wildman–Crippen MR) is 92.2 cm³/mol. The topological polar surface area (TPSA) is 50.7 Å². The molecule has 2 rings (SSSR count). The summed E-state index contributed by atoms with van der Waals surface area (Å²) < 4.78 is 6.12. The smallest absolute Gasteiger partial charge is 0.271 e. The molecule has 1 N–H and O–H groups in total. The molecule has 2 aromatic rings. The molecule has 6 heteroatoms. The van der Waals surface area contributed by atoms with Gasteiger partial charge in [-0.05, 0) is 46.9 Å². The van der Waals surface area contributed by atoms with Crippen molar-refractivity contribution in [2.45, 2.75) is 0 Å². The highest BCUT2D eigenvalue weighted by Crippen LogP contribution is 2.21. The van der Waals surface area contributed by atoms with Crippen LogP contribution in [0.5, 0.6) is 5.75 Å². The number of carbonyl (C=O) groups is 1. The summed E-state index contributed by atoms with van der Waals surface area (Å²) in [4.78, 5) is 12.0. The van der Waals surface area contributed by atoms with Crippen molar-refractivity contribution in [2.24, 2.45) is 5.10 Å². The van der Waals surface area contributed by atoms with E-state index in [1.54, 1.807) is 25.3 Å². The summed E-state index contributed by atoms with van der Waals surface area (Å²) >= 11 is 8.13. The van der Waals surface area contributed by atoms with Crippen molar-refractivity contribution in [3.63, 3.8) is 0 Å². The minimum atomic E-state index is -0.312. The van der Waals surface area contributed by atoms with Crippen molar-refractivity contribution in [3.05, 3.63) is 62.2 Å². The fourth-order valence-corrected chi connectivity index (χ4v) is 2.35. The fourth-order valence-electron chi connectivity index (χ4n) is 1.61. The molecular weight excluding hydrogens is 403 g/mol. The van der Waals surface area contributed by atoms with Gasteiger partial charge in [0.2, 0.25) is 0 Å². The van der Waals surface area contributed by atoms with E-state index in [1.165, 1.54) is 6.21 Å². The van der Waals surface area contributed by atoms with Gasteiger partial charge in [-0.25, -0.2) is 5.43 Å². The van der Waals surface area contributed by atoms with Gasteiger partial charge in [-0.15, -0.1) is 0 Å². The first-order valence-corrected chi connectivity index (χ1v) is 7.49. The lowest BCUT2D eigenvalue weighted by molar-refractivity contribution is 0.0955. The van der Waals surface area contributed by atoms with Crippen LogP contribution in [0.1, 0.15) is 15.9 Å². The molecule has 21 heavy (non-hydrogen) atoms. The number of amides is 1. The second kappa shape index (κ2) is 7.42. The average Bonchev–Trinajstić information content (AvgIpc) is 2.49. The minimum Gasteiger partial charge on any atom is -0.496 e. The van der Waals surface area contributed by atoms with Crippen LogP contribution in [-0.2, 0) is 0 Å². The monoisotopic (exact) mass is 414 g/mol. The van der Waals surface area contributed by atoms with Crippen LogP contribution in [-0.4, -0.2) is 19.2 Å². The first-order chi connectivity index (χ1) is 10.1. The maximum absolute atomic E-state index is 12.0. The predicted octanol–water partition coefficient (Wildman–Crippen LogP) is 3.72. The lowest BCUT2D eigenvalue weighted by atomic mass is 10.2. The second-order valence-electron chi connectivity index (χ2n) is 4.07. The number of halogens is 2. The molecule has 0 aliphatic heterocycles. The molecular formula is C15H12ClIN2O2. The van der Waals surface area contributed by atoms with E-state index < -0.39 is 0 Å². The molecule has 2 aromatic carbocycles. The van der Waals surface area contributed by atoms with Gasteiger partial charge in [0.1, 0.15) is 5.75 Å². The molecule has 108 valence electrons. The zero-order chi connectivity index (χ0) is 15.2. The van der Waals surface area contributed by atoms with Crippen LogP contribution in [0.2, 0.25) is 5.02 Å². The Bertz CT molecular complexity index is 689. The van der Waals surface area contributed by atoms with Gasteiger partial charge in [0.05, 0.1) is 16.9 Å². The summed E-state index contributed by atoms with van der Waals surface area (Å²) in [7, 11) is 1.56. The van der Waals surface area contributed by atoms with Crippen molar-refractivity contribution in [3.8, 4) is 5.75 Å². The molecule has 0 unspecified atom stereocenters. The quantitative estimate of drug-likeness (QED) is 0.471. The Morgan fingerprint density at radius 3 is 2.81 bits per heavy atom. The summed E-state index contributed by atoms with van der Waals surface area (Å²) in [6.45, 7) is 0. The van der Waals surface area contributed by atoms with E-state index in [9.17, 15) is 4.79 Å². The van der Waals surface area contributed by atoms with Crippen LogP contribution in [0.25, 0.3) is 0 Å². The molecule has 0 spiro atoms. The lowest BCUT2D eigenvalue weighted by Crippen LogP contribution is -2.17. The Balaban J connectivity index is 2.07. The van der Waals surface area contributed by atoms with Gasteiger partial charge < -0.3 is 4.74 Å². The van der Waals surface area contributed by atoms with Crippen LogP contribution in [0.15, 0.2) is 47.6 Å². The van der Waals surface area contributed by atoms with E-state index in [1.807, 2.05) is 24.3 Å². The van der Waals surface area contributed by atoms with Crippen LogP contribution in [0.3, 0.4) is 0 Å². The highest BCUT2D eigenvalue weighted by atomic mass is 127. The molecule has 1 amide bonds. The number of hydrogen-bond acceptors (Lipinski definition) is 3. The standard InChI is InChI=1S/C15H12ClIN2O2/c1-21-14-8-10(6-7-13(14)17)15(20)19-18-9-11-4-2-3-5-12(11)16/h2-9H,1H3,(H,19,20)/b18-9-. The third-order valence-electron chi connectivity index (χ3n) is 2.69. The SMILES string of the molecule is COc1cc(C(=O)N/N=C\c2ccccc2Cl)ccc1I. The zero-order valence-electron chi connectivity index (χ0n) is 11.1. The summed E-state index contributed by atoms with van der Waals surface area (Å²) in [5.41, 5.74) is 3.67. The number of methoxy groups -OCH3 is 1. The van der Waals surface area contributed by atoms with Crippen molar-refractivity contribution >= 4 is 46.3 Å². The van der Waals surface area contributed by atoms with E-state index in [2.05, 4.69) is 33.1 Å². The molecule has 0 atom stereocenters. The average molecular weight is 415 g/mol. The van der Waals surface area contributed by atoms with Crippen molar-refractivity contribution in [1.82, 2.24) is 5.43 Å². The molecule has 0 bridgehead atoms. The lowest BCUT2D eigenvalue weighted by Gasteiger charge is -2.05. The first-order valence-electron chi connectivity index (χ1n) is 6.03. The number of hydrazone groups is 1. The molecule has 0 heterocycles. The van der Waals surface area contributed by atoms with E-state index >= 15 is 0 Å². The second-order valence-corrected chi connectivity index (χ2v) is 5.64. The Morgan fingerprint density at radius 2 is 2.10 bits per heavy atom. The summed E-state index contributed by atoms with van der Waals surface area (Å²) in [6, 6.07) is 12.4. The third-order valence-corrected chi connectivity index (χ3v) is 3.92. The van der Waals surface area contributed by atoms with Crippen LogP contribution < -0.4 is 10.2 Å². The summed E-state index contributed by atoms with van der Waals surface area (Å²) in [5.74, 6) is 0.339. The van der Waals surface area contributed by atoms with Crippen molar-refractivity contribution < 1.29 is 9.53 Å². The van der Waals surface area contributed by atoms with Gasteiger partial charge in [0.25, 0.3) is 5.91 Å². The van der Waals surface area contributed by atoms with Gasteiger partial charge in [-0.3, -0.25) is 4.79 Å². The Kier molecular flexibility index (Phi) is 5.58. The van der Waals surface area contributed by atoms with Crippen LogP contribution in [0, 0.1) is 3.57 Å². The van der Waals surface area contributed by atoms with Crippen molar-refractivity contribution in [2.75, 3.05) is 7.11 Å². The molecule has 0 saturated heterocycles. The number of hydrogen-bond donors (Lipinski definition) is 1. The highest BCUT2D eigenvalue weighted by molar-refractivity contribution is 14.1. The molecule has 0 fully saturated rings. The van der Waals surface area contributed by atoms with Crippen LogP contribution >= 0.6 is 34.2 Å². The molecule has 0 radical (unpaired) electrons. The van der Waals surface area contributed by atoms with Gasteiger partial charge in [0.15, 0.2) is 0 Å². The molecule has 4 nitrogen and oxygen atoms in total. The van der Waals surface area contributed by atoms with Crippen LogP contribution in [0.4, 0.5) is 0 Å². The molecule has 0 aliphatic rings. The van der Waals surface area contributed by atoms with Gasteiger partial charge in [-0.2, -0.15) is 5.10 Å². The molecule has 0 aliphatic carbocycles. The van der Waals surface area contributed by atoms with E-state index in [0.717, 1.165) is 9.13 Å². The fraction of sp³-hybridized carbons (Fsp3) is 0.0667. The molecule has 0 aromatic heterocycles. The van der Waals surface area contributed by atoms with E-state index in [-0.39, 0.29) is 5.91 Å². The molecule has 0 saturated carbocycles. The first kappa shape index (κ1) is 15.8. The number of ether oxygens (including phenoxy) is 1. The normalized spacial score (nSPS) is 10.6. The number of rotatable bonds is 4. The maximum Gasteiger partial charge on any atom is 0.271 e. The van der Waals surface area contributed by atoms with Gasteiger partial charge in [0, 0.05) is 16.1 Å².